The topological polar surface area (TPSA) is 61.5 Å². The van der Waals surface area contributed by atoms with Gasteiger partial charge in [0.1, 0.15) is 11.4 Å². The Morgan fingerprint density at radius 2 is 1.86 bits per heavy atom. The molecule has 2 aliphatic rings. The summed E-state index contributed by atoms with van der Waals surface area (Å²) in [6.07, 6.45) is 1.09. The highest BCUT2D eigenvalue weighted by molar-refractivity contribution is 5.94. The van der Waals surface area contributed by atoms with Gasteiger partial charge in [-0.05, 0) is 35.7 Å². The van der Waals surface area contributed by atoms with Gasteiger partial charge in [0.25, 0.3) is 5.91 Å². The van der Waals surface area contributed by atoms with E-state index in [4.69, 9.17) is 4.74 Å². The summed E-state index contributed by atoms with van der Waals surface area (Å²) in [5.41, 5.74) is 4.98. The van der Waals surface area contributed by atoms with Gasteiger partial charge in [0.15, 0.2) is 0 Å². The zero-order valence-corrected chi connectivity index (χ0v) is 16.5. The molecule has 0 spiro atoms. The third kappa shape index (κ3) is 3.29. The summed E-state index contributed by atoms with van der Waals surface area (Å²) in [6.45, 7) is 3.57. The van der Waals surface area contributed by atoms with Crippen LogP contribution in [0.4, 0.5) is 0 Å². The Labute approximate surface area is 170 Å². The molecule has 0 bridgehead atoms. The summed E-state index contributed by atoms with van der Waals surface area (Å²) in [4.78, 5) is 17.3. The van der Waals surface area contributed by atoms with Gasteiger partial charge in [0.05, 0.1) is 12.8 Å². The monoisotopic (exact) mass is 388 g/mol. The van der Waals surface area contributed by atoms with Crippen LogP contribution in [-0.2, 0) is 13.0 Å². The predicted octanol–water partition coefficient (Wildman–Crippen LogP) is 2.97. The Hall–Kier alpha value is -3.12. The van der Waals surface area contributed by atoms with Crippen molar-refractivity contribution in [1.29, 1.82) is 0 Å². The first-order chi connectivity index (χ1) is 14.2. The van der Waals surface area contributed by atoms with Gasteiger partial charge in [-0.2, -0.15) is 5.10 Å². The largest absolute Gasteiger partial charge is 0.496 e. The number of methoxy groups -OCH3 is 1. The van der Waals surface area contributed by atoms with Gasteiger partial charge in [-0.15, -0.1) is 0 Å². The Bertz CT molecular complexity index is 1040. The minimum atomic E-state index is 0.00677. The van der Waals surface area contributed by atoms with E-state index in [2.05, 4.69) is 39.4 Å². The molecule has 3 aromatic rings. The fraction of sp³-hybridized carbons (Fsp3) is 0.304. The third-order valence-corrected chi connectivity index (χ3v) is 6.02. The lowest BCUT2D eigenvalue weighted by molar-refractivity contribution is 0.0214. The number of para-hydroxylation sites is 1. The molecule has 2 aromatic carbocycles. The fourth-order valence-electron chi connectivity index (χ4n) is 4.28. The highest BCUT2D eigenvalue weighted by Crippen LogP contribution is 2.29. The molecule has 1 aromatic heterocycles. The molecule has 148 valence electrons. The third-order valence-electron chi connectivity index (χ3n) is 6.02. The molecule has 1 fully saturated rings. The van der Waals surface area contributed by atoms with Crippen LogP contribution in [0.3, 0.4) is 0 Å². The molecule has 3 heterocycles. The maximum atomic E-state index is 12.9. The molecule has 6 nitrogen and oxygen atoms in total. The van der Waals surface area contributed by atoms with E-state index in [0.29, 0.717) is 11.7 Å². The van der Waals surface area contributed by atoms with Crippen LogP contribution in [-0.4, -0.2) is 58.7 Å². The zero-order valence-electron chi connectivity index (χ0n) is 16.5. The lowest BCUT2D eigenvalue weighted by Gasteiger charge is -2.46. The number of nitrogens with one attached hydrogen (secondary N) is 1. The number of hydrogen-bond donors (Lipinski definition) is 1. The van der Waals surface area contributed by atoms with Crippen molar-refractivity contribution in [2.75, 3.05) is 26.7 Å². The molecule has 0 atom stereocenters. The van der Waals surface area contributed by atoms with Crippen molar-refractivity contribution in [3.63, 3.8) is 0 Å². The smallest absolute Gasteiger partial charge is 0.271 e. The molecule has 5 rings (SSSR count). The maximum Gasteiger partial charge on any atom is 0.271 e. The molecule has 0 saturated carbocycles. The average Bonchev–Trinajstić information content (AvgIpc) is 3.22. The number of nitrogens with zero attached hydrogens (tertiary/aromatic N) is 3. The lowest BCUT2D eigenvalue weighted by Crippen LogP contribution is -2.61. The number of aromatic nitrogens is 2. The number of ether oxygens (including phenoxy) is 1. The second-order valence-corrected chi connectivity index (χ2v) is 7.72. The number of fused-ring (bicyclic) bond motifs is 1. The van der Waals surface area contributed by atoms with E-state index in [9.17, 15) is 4.79 Å². The minimum Gasteiger partial charge on any atom is -0.496 e. The van der Waals surface area contributed by atoms with Crippen LogP contribution in [0.25, 0.3) is 11.3 Å². The van der Waals surface area contributed by atoms with E-state index in [0.717, 1.165) is 49.6 Å². The molecule has 0 radical (unpaired) electrons. The first kappa shape index (κ1) is 17.9. The SMILES string of the molecule is COc1ccccc1-c1cc(C(=O)N2CC(N3CCc4ccccc4C3)C2)[nH]n1. The van der Waals surface area contributed by atoms with E-state index in [-0.39, 0.29) is 5.91 Å². The van der Waals surface area contributed by atoms with Crippen LogP contribution in [0.15, 0.2) is 54.6 Å². The molecule has 6 heteroatoms. The first-order valence-electron chi connectivity index (χ1n) is 10.0. The zero-order chi connectivity index (χ0) is 19.8. The summed E-state index contributed by atoms with van der Waals surface area (Å²) in [5, 5.41) is 7.23. The molecule has 2 aliphatic heterocycles. The normalized spacial score (nSPS) is 16.9. The van der Waals surface area contributed by atoms with Crippen LogP contribution in [0.1, 0.15) is 21.6 Å². The first-order valence-corrected chi connectivity index (χ1v) is 10.0. The molecule has 0 unspecified atom stereocenters. The van der Waals surface area contributed by atoms with Crippen LogP contribution in [0.5, 0.6) is 5.75 Å². The molecule has 1 saturated heterocycles. The summed E-state index contributed by atoms with van der Waals surface area (Å²) in [5.74, 6) is 0.750. The standard InChI is InChI=1S/C23H24N4O2/c1-29-22-9-5-4-8-19(22)20-12-21(25-24-20)23(28)27-14-18(15-27)26-11-10-16-6-2-3-7-17(16)13-26/h2-9,12,18H,10-11,13-15H2,1H3,(H,24,25). The lowest BCUT2D eigenvalue weighted by atomic mass is 9.96. The van der Waals surface area contributed by atoms with Gasteiger partial charge in [0, 0.05) is 37.8 Å². The minimum absolute atomic E-state index is 0.00677. The van der Waals surface area contributed by atoms with Gasteiger partial charge < -0.3 is 9.64 Å². The Kier molecular flexibility index (Phi) is 4.56. The van der Waals surface area contributed by atoms with Crippen molar-refractivity contribution in [2.45, 2.75) is 19.0 Å². The van der Waals surface area contributed by atoms with Crippen molar-refractivity contribution < 1.29 is 9.53 Å². The summed E-state index contributed by atoms with van der Waals surface area (Å²) >= 11 is 0. The predicted molar refractivity (Wildman–Crippen MR) is 111 cm³/mol. The van der Waals surface area contributed by atoms with Crippen LogP contribution < -0.4 is 4.74 Å². The van der Waals surface area contributed by atoms with E-state index in [1.165, 1.54) is 11.1 Å². The van der Waals surface area contributed by atoms with Crippen LogP contribution in [0.2, 0.25) is 0 Å². The molecular weight excluding hydrogens is 364 g/mol. The van der Waals surface area contributed by atoms with Crippen LogP contribution in [0, 0.1) is 0 Å². The summed E-state index contributed by atoms with van der Waals surface area (Å²) < 4.78 is 5.40. The molecular formula is C23H24N4O2. The van der Waals surface area contributed by atoms with Crippen molar-refractivity contribution in [2.24, 2.45) is 0 Å². The highest BCUT2D eigenvalue weighted by Gasteiger charge is 2.36. The van der Waals surface area contributed by atoms with Crippen LogP contribution >= 0.6 is 0 Å². The van der Waals surface area contributed by atoms with Gasteiger partial charge >= 0.3 is 0 Å². The number of carbonyl (C=O) groups excluding carboxylic acids is 1. The Morgan fingerprint density at radius 1 is 1.10 bits per heavy atom. The van der Waals surface area contributed by atoms with Gasteiger partial charge in [-0.3, -0.25) is 14.8 Å². The number of likely N-dealkylation sites (tertiary alicyclic amines) is 1. The van der Waals surface area contributed by atoms with Crippen molar-refractivity contribution in [1.82, 2.24) is 20.0 Å². The number of H-pyrrole nitrogens is 1. The number of carbonyl (C=O) groups is 1. The van der Waals surface area contributed by atoms with Crippen molar-refractivity contribution in [3.8, 4) is 17.0 Å². The second-order valence-electron chi connectivity index (χ2n) is 7.72. The molecule has 1 N–H and O–H groups in total. The number of aromatic amines is 1. The van der Waals surface area contributed by atoms with E-state index >= 15 is 0 Å². The maximum absolute atomic E-state index is 12.9. The highest BCUT2D eigenvalue weighted by atomic mass is 16.5. The van der Waals surface area contributed by atoms with Gasteiger partial charge in [-0.25, -0.2) is 0 Å². The fourth-order valence-corrected chi connectivity index (χ4v) is 4.28. The number of benzene rings is 2. The Morgan fingerprint density at radius 3 is 2.69 bits per heavy atom. The molecule has 0 aliphatic carbocycles. The Balaban J connectivity index is 1.23. The molecule has 29 heavy (non-hydrogen) atoms. The summed E-state index contributed by atoms with van der Waals surface area (Å²) in [7, 11) is 1.64. The number of rotatable bonds is 4. The van der Waals surface area contributed by atoms with Crippen molar-refractivity contribution >= 4 is 5.91 Å². The van der Waals surface area contributed by atoms with Gasteiger partial charge in [0.2, 0.25) is 0 Å². The quantitative estimate of drug-likeness (QED) is 0.747. The summed E-state index contributed by atoms with van der Waals surface area (Å²) in [6, 6.07) is 18.6. The van der Waals surface area contributed by atoms with E-state index < -0.39 is 0 Å². The van der Waals surface area contributed by atoms with E-state index in [1.54, 1.807) is 7.11 Å². The second kappa shape index (κ2) is 7.37. The molecule has 1 amide bonds. The average molecular weight is 388 g/mol. The van der Waals surface area contributed by atoms with Gasteiger partial charge in [-0.1, -0.05) is 36.4 Å². The van der Waals surface area contributed by atoms with Crippen molar-refractivity contribution in [3.05, 3.63) is 71.4 Å². The number of amides is 1. The number of hydrogen-bond acceptors (Lipinski definition) is 4. The van der Waals surface area contributed by atoms with E-state index in [1.807, 2.05) is 35.2 Å².